The Kier molecular flexibility index (Phi) is 2.74. The number of aliphatic carboxylic acids is 1. The molecular formula is C10H12N2O4. The second-order valence-corrected chi connectivity index (χ2v) is 3.72. The van der Waals surface area contributed by atoms with Crippen LogP contribution in [0.1, 0.15) is 24.2 Å². The Bertz CT molecular complexity index is 480. The Morgan fingerprint density at radius 1 is 1.69 bits per heavy atom. The van der Waals surface area contributed by atoms with E-state index in [-0.39, 0.29) is 0 Å². The summed E-state index contributed by atoms with van der Waals surface area (Å²) in [6, 6.07) is 0.460. The second-order valence-electron chi connectivity index (χ2n) is 3.72. The van der Waals surface area contributed by atoms with Gasteiger partial charge in [0, 0.05) is 18.1 Å². The average molecular weight is 224 g/mol. The standard InChI is InChI=1S/C10H12N2O4/c1-6(10(14)15)12-9(13)4-7-5-16-3-2-8(7)11-12/h4,6H,2-3,5H2,1H3,(H,14,15)/t6-/m0/s1. The van der Waals surface area contributed by atoms with E-state index >= 15 is 0 Å². The van der Waals surface area contributed by atoms with Gasteiger partial charge in [-0.05, 0) is 6.92 Å². The molecule has 1 aromatic rings. The van der Waals surface area contributed by atoms with Crippen LogP contribution in [0, 0.1) is 0 Å². The molecule has 0 saturated carbocycles. The fourth-order valence-electron chi connectivity index (χ4n) is 1.61. The molecule has 1 N–H and O–H groups in total. The number of hydrogen-bond acceptors (Lipinski definition) is 4. The van der Waals surface area contributed by atoms with Crippen molar-refractivity contribution in [3.63, 3.8) is 0 Å². The first-order valence-electron chi connectivity index (χ1n) is 5.02. The topological polar surface area (TPSA) is 81.4 Å². The summed E-state index contributed by atoms with van der Waals surface area (Å²) in [6.07, 6.45) is 0.613. The summed E-state index contributed by atoms with van der Waals surface area (Å²) >= 11 is 0. The van der Waals surface area contributed by atoms with Gasteiger partial charge in [-0.2, -0.15) is 5.10 Å². The van der Waals surface area contributed by atoms with Crippen molar-refractivity contribution < 1.29 is 14.6 Å². The maximum Gasteiger partial charge on any atom is 0.328 e. The minimum atomic E-state index is -1.07. The summed E-state index contributed by atoms with van der Waals surface area (Å²) in [6.45, 7) is 2.36. The molecule has 0 aliphatic carbocycles. The van der Waals surface area contributed by atoms with Crippen LogP contribution in [0.5, 0.6) is 0 Å². The molecule has 0 saturated heterocycles. The lowest BCUT2D eigenvalue weighted by Gasteiger charge is -2.17. The third kappa shape index (κ3) is 1.83. The first-order chi connectivity index (χ1) is 7.59. The number of nitrogens with zero attached hydrogens (tertiary/aromatic N) is 2. The van der Waals surface area contributed by atoms with Crippen molar-refractivity contribution in [1.29, 1.82) is 0 Å². The van der Waals surface area contributed by atoms with Crippen LogP contribution < -0.4 is 5.56 Å². The molecule has 6 nitrogen and oxygen atoms in total. The van der Waals surface area contributed by atoms with E-state index in [0.717, 1.165) is 15.9 Å². The SMILES string of the molecule is C[C@@H](C(=O)O)n1nc2c(cc1=O)COCC2. The summed E-state index contributed by atoms with van der Waals surface area (Å²) in [7, 11) is 0. The summed E-state index contributed by atoms with van der Waals surface area (Å²) in [5.41, 5.74) is 1.10. The molecule has 0 amide bonds. The van der Waals surface area contributed by atoms with Crippen LogP contribution in [-0.4, -0.2) is 27.5 Å². The average Bonchev–Trinajstić information content (AvgIpc) is 2.27. The van der Waals surface area contributed by atoms with E-state index < -0.39 is 17.6 Å². The Balaban J connectivity index is 2.47. The van der Waals surface area contributed by atoms with E-state index in [2.05, 4.69) is 5.10 Å². The molecule has 0 bridgehead atoms. The van der Waals surface area contributed by atoms with Gasteiger partial charge in [-0.15, -0.1) is 0 Å². The fourth-order valence-corrected chi connectivity index (χ4v) is 1.61. The van der Waals surface area contributed by atoms with Crippen LogP contribution in [-0.2, 0) is 22.6 Å². The molecule has 2 heterocycles. The number of rotatable bonds is 2. The van der Waals surface area contributed by atoms with E-state index in [1.807, 2.05) is 0 Å². The highest BCUT2D eigenvalue weighted by Crippen LogP contribution is 2.12. The Morgan fingerprint density at radius 2 is 2.44 bits per heavy atom. The number of fused-ring (bicyclic) bond motifs is 1. The van der Waals surface area contributed by atoms with Gasteiger partial charge in [0.2, 0.25) is 0 Å². The first kappa shape index (κ1) is 10.8. The van der Waals surface area contributed by atoms with Crippen LogP contribution in [0.25, 0.3) is 0 Å². The number of hydrogen-bond donors (Lipinski definition) is 1. The van der Waals surface area contributed by atoms with E-state index in [1.165, 1.54) is 13.0 Å². The van der Waals surface area contributed by atoms with Gasteiger partial charge in [0.15, 0.2) is 6.04 Å². The number of carboxylic acids is 1. The third-order valence-corrected chi connectivity index (χ3v) is 2.59. The molecule has 1 aliphatic rings. The smallest absolute Gasteiger partial charge is 0.328 e. The van der Waals surface area contributed by atoms with Gasteiger partial charge >= 0.3 is 5.97 Å². The minimum absolute atomic E-state index is 0.375. The van der Waals surface area contributed by atoms with Crippen molar-refractivity contribution >= 4 is 5.97 Å². The van der Waals surface area contributed by atoms with Crippen molar-refractivity contribution in [3.8, 4) is 0 Å². The lowest BCUT2D eigenvalue weighted by atomic mass is 10.1. The van der Waals surface area contributed by atoms with Crippen molar-refractivity contribution in [2.75, 3.05) is 6.61 Å². The maximum atomic E-state index is 11.6. The highest BCUT2D eigenvalue weighted by Gasteiger charge is 2.19. The van der Waals surface area contributed by atoms with Gasteiger partial charge in [0.1, 0.15) is 0 Å². The molecule has 0 radical (unpaired) electrons. The molecule has 86 valence electrons. The van der Waals surface area contributed by atoms with Crippen LogP contribution in [0.15, 0.2) is 10.9 Å². The molecular weight excluding hydrogens is 212 g/mol. The maximum absolute atomic E-state index is 11.6. The highest BCUT2D eigenvalue weighted by atomic mass is 16.5. The molecule has 0 aromatic carbocycles. The van der Waals surface area contributed by atoms with Gasteiger partial charge in [-0.3, -0.25) is 4.79 Å². The number of aromatic nitrogens is 2. The lowest BCUT2D eigenvalue weighted by Crippen LogP contribution is -2.32. The van der Waals surface area contributed by atoms with Crippen LogP contribution in [0.2, 0.25) is 0 Å². The van der Waals surface area contributed by atoms with Crippen LogP contribution in [0.4, 0.5) is 0 Å². The van der Waals surface area contributed by atoms with Crippen LogP contribution in [0.3, 0.4) is 0 Å². The molecule has 6 heteroatoms. The Labute approximate surface area is 91.5 Å². The fraction of sp³-hybridized carbons (Fsp3) is 0.500. The lowest BCUT2D eigenvalue weighted by molar-refractivity contribution is -0.140. The van der Waals surface area contributed by atoms with E-state index in [0.29, 0.717) is 19.6 Å². The van der Waals surface area contributed by atoms with Crippen molar-refractivity contribution in [1.82, 2.24) is 9.78 Å². The number of carboxylic acid groups (broad SMARTS) is 1. The van der Waals surface area contributed by atoms with Gasteiger partial charge in [-0.1, -0.05) is 0 Å². The molecule has 0 unspecified atom stereocenters. The molecule has 1 atom stereocenters. The largest absolute Gasteiger partial charge is 0.480 e. The van der Waals surface area contributed by atoms with Crippen molar-refractivity contribution in [2.45, 2.75) is 26.0 Å². The quantitative estimate of drug-likeness (QED) is 0.762. The Hall–Kier alpha value is -1.69. The van der Waals surface area contributed by atoms with E-state index in [9.17, 15) is 9.59 Å². The van der Waals surface area contributed by atoms with Gasteiger partial charge in [0.25, 0.3) is 5.56 Å². The second kappa shape index (κ2) is 4.05. The first-order valence-corrected chi connectivity index (χ1v) is 5.02. The minimum Gasteiger partial charge on any atom is -0.480 e. The number of ether oxygens (including phenoxy) is 1. The molecule has 1 aliphatic heterocycles. The van der Waals surface area contributed by atoms with Crippen molar-refractivity contribution in [2.24, 2.45) is 0 Å². The third-order valence-electron chi connectivity index (χ3n) is 2.59. The normalized spacial score (nSPS) is 16.6. The van der Waals surface area contributed by atoms with Crippen molar-refractivity contribution in [3.05, 3.63) is 27.7 Å². The van der Waals surface area contributed by atoms with Gasteiger partial charge < -0.3 is 9.84 Å². The number of carbonyl (C=O) groups is 1. The molecule has 2 rings (SSSR count). The zero-order chi connectivity index (χ0) is 11.7. The van der Waals surface area contributed by atoms with Gasteiger partial charge in [-0.25, -0.2) is 9.48 Å². The van der Waals surface area contributed by atoms with E-state index in [1.54, 1.807) is 0 Å². The zero-order valence-corrected chi connectivity index (χ0v) is 8.84. The van der Waals surface area contributed by atoms with Gasteiger partial charge in [0.05, 0.1) is 18.9 Å². The van der Waals surface area contributed by atoms with E-state index in [4.69, 9.17) is 9.84 Å². The monoisotopic (exact) mass is 224 g/mol. The highest BCUT2D eigenvalue weighted by molar-refractivity contribution is 5.71. The Morgan fingerprint density at radius 3 is 3.12 bits per heavy atom. The summed E-state index contributed by atoms with van der Waals surface area (Å²) in [5.74, 6) is -1.07. The molecule has 16 heavy (non-hydrogen) atoms. The summed E-state index contributed by atoms with van der Waals surface area (Å²) in [4.78, 5) is 22.4. The molecule has 0 spiro atoms. The predicted molar refractivity (Wildman–Crippen MR) is 54.2 cm³/mol. The summed E-state index contributed by atoms with van der Waals surface area (Å²) in [5, 5.41) is 12.9. The predicted octanol–water partition coefficient (Wildman–Crippen LogP) is -0.0384. The molecule has 1 aromatic heterocycles. The van der Waals surface area contributed by atoms with Crippen LogP contribution >= 0.6 is 0 Å². The molecule has 0 fully saturated rings. The summed E-state index contributed by atoms with van der Waals surface area (Å²) < 4.78 is 6.20. The zero-order valence-electron chi connectivity index (χ0n) is 8.84.